The highest BCUT2D eigenvalue weighted by molar-refractivity contribution is 7.88. The van der Waals surface area contributed by atoms with Gasteiger partial charge in [-0.05, 0) is 54.0 Å². The van der Waals surface area contributed by atoms with Gasteiger partial charge in [-0.25, -0.2) is 36.9 Å². The zero-order chi connectivity index (χ0) is 26.9. The van der Waals surface area contributed by atoms with Crippen molar-refractivity contribution in [3.63, 3.8) is 0 Å². The first-order valence-electron chi connectivity index (χ1n) is 12.0. The predicted octanol–water partition coefficient (Wildman–Crippen LogP) is 3.05. The maximum atomic E-state index is 14.5. The van der Waals surface area contributed by atoms with Crippen LogP contribution in [0, 0.1) is 17.0 Å². The lowest BCUT2D eigenvalue weighted by Crippen LogP contribution is -2.38. The smallest absolute Gasteiger partial charge is 0.220 e. The molecule has 3 aromatic heterocycles. The van der Waals surface area contributed by atoms with Crippen LogP contribution in [-0.4, -0.2) is 49.6 Å². The van der Waals surface area contributed by atoms with Gasteiger partial charge in [-0.2, -0.15) is 9.78 Å². The van der Waals surface area contributed by atoms with E-state index in [1.807, 2.05) is 6.07 Å². The van der Waals surface area contributed by atoms with Crippen LogP contribution < -0.4 is 4.72 Å². The molecule has 1 saturated carbocycles. The minimum Gasteiger partial charge on any atom is -0.220 e. The second-order valence-electron chi connectivity index (χ2n) is 10.3. The Morgan fingerprint density at radius 2 is 1.89 bits per heavy atom. The SMILES string of the molecule is CC1(C)[C@H]2CC[C@@]1(c1ccnc(-n3cnc(CNS(C)(=O)=O)n3)n1)c1nnc(-c3c(F)cccc3F)cc12. The zero-order valence-corrected chi connectivity index (χ0v) is 21.7. The monoisotopic (exact) mass is 538 g/mol. The quantitative estimate of drug-likeness (QED) is 0.397. The molecule has 10 nitrogen and oxygen atoms in total. The van der Waals surface area contributed by atoms with E-state index >= 15 is 0 Å². The lowest BCUT2D eigenvalue weighted by molar-refractivity contribution is 0.242. The van der Waals surface area contributed by atoms with Gasteiger partial charge in [0.2, 0.25) is 10.0 Å². The van der Waals surface area contributed by atoms with Crippen LogP contribution >= 0.6 is 0 Å². The fraction of sp³-hybridized carbons (Fsp3) is 0.360. The van der Waals surface area contributed by atoms with Gasteiger partial charge in [0, 0.05) is 6.20 Å². The highest BCUT2D eigenvalue weighted by Gasteiger charge is 2.65. The van der Waals surface area contributed by atoms with Crippen LogP contribution in [0.25, 0.3) is 17.2 Å². The average molecular weight is 539 g/mol. The van der Waals surface area contributed by atoms with Crippen LogP contribution in [0.2, 0.25) is 0 Å². The van der Waals surface area contributed by atoms with Gasteiger partial charge in [0.05, 0.1) is 40.9 Å². The third-order valence-corrected chi connectivity index (χ3v) is 8.59. The van der Waals surface area contributed by atoms with E-state index in [-0.39, 0.29) is 40.9 Å². The molecule has 0 amide bonds. The number of sulfonamides is 1. The first kappa shape index (κ1) is 24.6. The number of hydrogen-bond acceptors (Lipinski definition) is 8. The van der Waals surface area contributed by atoms with E-state index in [1.165, 1.54) is 29.2 Å². The average Bonchev–Trinajstić information content (AvgIpc) is 3.50. The van der Waals surface area contributed by atoms with Crippen molar-refractivity contribution in [2.45, 2.75) is 44.6 Å². The van der Waals surface area contributed by atoms with Gasteiger partial charge in [-0.1, -0.05) is 19.9 Å². The van der Waals surface area contributed by atoms with Gasteiger partial charge in [-0.3, -0.25) is 0 Å². The molecule has 4 aromatic rings. The van der Waals surface area contributed by atoms with Gasteiger partial charge in [0.1, 0.15) is 18.0 Å². The van der Waals surface area contributed by atoms with Crippen molar-refractivity contribution in [3.8, 4) is 17.2 Å². The van der Waals surface area contributed by atoms with Crippen molar-refractivity contribution >= 4 is 10.0 Å². The summed E-state index contributed by atoms with van der Waals surface area (Å²) in [5.74, 6) is -0.721. The Bertz CT molecular complexity index is 1670. The van der Waals surface area contributed by atoms with Crippen molar-refractivity contribution in [1.29, 1.82) is 0 Å². The Labute approximate surface area is 217 Å². The Hall–Kier alpha value is -3.71. The first-order chi connectivity index (χ1) is 18.0. The molecule has 2 aliphatic rings. The van der Waals surface area contributed by atoms with E-state index in [0.29, 0.717) is 0 Å². The van der Waals surface area contributed by atoms with Crippen LogP contribution in [0.4, 0.5) is 8.78 Å². The molecule has 0 spiro atoms. The Morgan fingerprint density at radius 1 is 1.13 bits per heavy atom. The summed E-state index contributed by atoms with van der Waals surface area (Å²) in [6.07, 6.45) is 5.76. The lowest BCUT2D eigenvalue weighted by Gasteiger charge is -2.37. The fourth-order valence-electron chi connectivity index (χ4n) is 6.12. The molecule has 1 N–H and O–H groups in total. The minimum atomic E-state index is -3.39. The second-order valence-corrected chi connectivity index (χ2v) is 12.1. The molecule has 3 heterocycles. The minimum absolute atomic E-state index is 0.0575. The Morgan fingerprint density at radius 3 is 2.63 bits per heavy atom. The molecule has 196 valence electrons. The number of halogens is 2. The molecule has 0 radical (unpaired) electrons. The largest absolute Gasteiger partial charge is 0.252 e. The molecule has 1 fully saturated rings. The third kappa shape index (κ3) is 3.63. The van der Waals surface area contributed by atoms with Gasteiger partial charge in [0.25, 0.3) is 5.95 Å². The summed E-state index contributed by atoms with van der Waals surface area (Å²) in [7, 11) is -3.39. The Balaban J connectivity index is 1.41. The van der Waals surface area contributed by atoms with E-state index in [9.17, 15) is 17.2 Å². The summed E-state index contributed by atoms with van der Waals surface area (Å²) in [4.78, 5) is 13.3. The van der Waals surface area contributed by atoms with Crippen molar-refractivity contribution < 1.29 is 17.2 Å². The van der Waals surface area contributed by atoms with E-state index < -0.39 is 27.1 Å². The molecule has 6 rings (SSSR count). The number of nitrogens with zero attached hydrogens (tertiary/aromatic N) is 7. The summed E-state index contributed by atoms with van der Waals surface area (Å²) in [5, 5.41) is 13.1. The number of fused-ring (bicyclic) bond motifs is 5. The number of aromatic nitrogens is 7. The summed E-state index contributed by atoms with van der Waals surface area (Å²) < 4.78 is 55.6. The number of nitrogens with one attached hydrogen (secondary N) is 1. The maximum absolute atomic E-state index is 14.5. The molecule has 2 aliphatic carbocycles. The first-order valence-corrected chi connectivity index (χ1v) is 13.9. The van der Waals surface area contributed by atoms with E-state index in [2.05, 4.69) is 43.8 Å². The maximum Gasteiger partial charge on any atom is 0.252 e. The van der Waals surface area contributed by atoms with Crippen LogP contribution in [0.5, 0.6) is 0 Å². The molecule has 0 aliphatic heterocycles. The molecule has 2 bridgehead atoms. The number of benzene rings is 1. The van der Waals surface area contributed by atoms with Crippen LogP contribution in [0.3, 0.4) is 0 Å². The number of rotatable bonds is 6. The normalized spacial score (nSPS) is 21.6. The second kappa shape index (κ2) is 8.40. The van der Waals surface area contributed by atoms with Crippen LogP contribution in [0.15, 0.2) is 42.9 Å². The molecule has 2 atom stereocenters. The molecule has 13 heteroatoms. The molecular weight excluding hydrogens is 514 g/mol. The third-order valence-electron chi connectivity index (χ3n) is 7.92. The number of hydrogen-bond donors (Lipinski definition) is 1. The van der Waals surface area contributed by atoms with Gasteiger partial charge < -0.3 is 0 Å². The standard InChI is InChI=1S/C25H24F2N8O2S/c1-24(2)15-7-9-25(24,22-14(15)11-18(32-33-22)21-16(26)5-4-6-17(21)27)19-8-10-28-23(31-19)35-13-29-20(34-35)12-30-38(3,36)37/h4-6,8,10-11,13,15,30H,7,9,12H2,1-3H3/t15-,25+/m0/s1. The van der Waals surface area contributed by atoms with E-state index in [0.717, 1.165) is 36.0 Å². The van der Waals surface area contributed by atoms with Crippen molar-refractivity contribution in [1.82, 2.24) is 39.7 Å². The summed E-state index contributed by atoms with van der Waals surface area (Å²) in [6, 6.07) is 7.35. The molecule has 0 saturated heterocycles. The van der Waals surface area contributed by atoms with E-state index in [1.54, 1.807) is 12.3 Å². The highest BCUT2D eigenvalue weighted by Crippen LogP contribution is 2.69. The van der Waals surface area contributed by atoms with Crippen molar-refractivity contribution in [3.05, 3.63) is 77.3 Å². The van der Waals surface area contributed by atoms with Gasteiger partial charge in [-0.15, -0.1) is 10.2 Å². The zero-order valence-electron chi connectivity index (χ0n) is 20.9. The Kier molecular flexibility index (Phi) is 5.44. The van der Waals surface area contributed by atoms with Crippen molar-refractivity contribution in [2.75, 3.05) is 6.26 Å². The summed E-state index contributed by atoms with van der Waals surface area (Å²) in [6.45, 7) is 4.25. The summed E-state index contributed by atoms with van der Waals surface area (Å²) in [5.41, 5.74) is 1.48. The highest BCUT2D eigenvalue weighted by atomic mass is 32.2. The molecule has 0 unspecified atom stereocenters. The predicted molar refractivity (Wildman–Crippen MR) is 133 cm³/mol. The van der Waals surface area contributed by atoms with Gasteiger partial charge >= 0.3 is 0 Å². The van der Waals surface area contributed by atoms with Crippen LogP contribution in [-0.2, 0) is 22.0 Å². The lowest BCUT2D eigenvalue weighted by atomic mass is 9.66. The fourth-order valence-corrected chi connectivity index (χ4v) is 6.51. The van der Waals surface area contributed by atoms with Crippen molar-refractivity contribution in [2.24, 2.45) is 5.41 Å². The molecule has 1 aromatic carbocycles. The topological polar surface area (TPSA) is 128 Å². The van der Waals surface area contributed by atoms with E-state index in [4.69, 9.17) is 4.98 Å². The molecule has 38 heavy (non-hydrogen) atoms. The molecular formula is C25H24F2N8O2S. The van der Waals surface area contributed by atoms with Crippen LogP contribution in [0.1, 0.15) is 55.4 Å². The van der Waals surface area contributed by atoms with Gasteiger partial charge in [0.15, 0.2) is 5.82 Å². The summed E-state index contributed by atoms with van der Waals surface area (Å²) >= 11 is 0.